The zero-order chi connectivity index (χ0) is 12.6. The number of hydrogen-bond acceptors (Lipinski definition) is 4. The van der Waals surface area contributed by atoms with Gasteiger partial charge in [-0.2, -0.15) is 0 Å². The molecule has 0 saturated carbocycles. The molecule has 0 radical (unpaired) electrons. The second-order valence-corrected chi connectivity index (χ2v) is 5.39. The van der Waals surface area contributed by atoms with Crippen LogP contribution in [0.2, 0.25) is 0 Å². The normalized spacial score (nSPS) is 10.0. The predicted octanol–water partition coefficient (Wildman–Crippen LogP) is 1.75. The van der Waals surface area contributed by atoms with E-state index >= 15 is 0 Å². The molecule has 0 unspecified atom stereocenters. The van der Waals surface area contributed by atoms with Gasteiger partial charge in [0.05, 0.1) is 0 Å². The highest BCUT2D eigenvalue weighted by molar-refractivity contribution is 8.06. The van der Waals surface area contributed by atoms with Crippen molar-refractivity contribution in [3.05, 3.63) is 55.1 Å². The van der Waals surface area contributed by atoms with Gasteiger partial charge in [-0.3, -0.25) is 0 Å². The molecule has 1 heterocycles. The Bertz CT molecular complexity index is 437. The Balaban J connectivity index is 0.000000202. The Morgan fingerprint density at radius 1 is 1.00 bits per heavy atom. The molecule has 0 spiro atoms. The minimum atomic E-state index is -3.55. The molecule has 0 fully saturated rings. The van der Waals surface area contributed by atoms with Crippen molar-refractivity contribution >= 4 is 18.5 Å². The molecule has 17 heavy (non-hydrogen) atoms. The molecule has 0 aliphatic heterocycles. The van der Waals surface area contributed by atoms with Gasteiger partial charge in [-0.25, -0.2) is 9.97 Å². The van der Waals surface area contributed by atoms with Crippen LogP contribution in [0.25, 0.3) is 0 Å². The molecule has 0 aliphatic carbocycles. The first kappa shape index (κ1) is 13.7. The first-order valence-electron chi connectivity index (χ1n) is 4.58. The third-order valence-corrected chi connectivity index (χ3v) is 2.12. The Labute approximate surface area is 104 Å². The number of hydrogen-bond donors (Lipinski definition) is 2. The number of para-hydroxylation sites is 1. The average molecular weight is 270 g/mol. The second-order valence-electron chi connectivity index (χ2n) is 2.80. The molecule has 2 N–H and O–H groups in total. The lowest BCUT2D eigenvalue weighted by Crippen LogP contribution is -1.88. The summed E-state index contributed by atoms with van der Waals surface area (Å²) < 4.78 is 4.64. The Kier molecular flexibility index (Phi) is 5.72. The van der Waals surface area contributed by atoms with Crippen LogP contribution in [0.3, 0.4) is 0 Å². The maximum atomic E-state index is 8.73. The summed E-state index contributed by atoms with van der Waals surface area (Å²) in [6, 6.07) is 10.2. The standard InChI is InChI=1S/C6H7O3PS.C4H4N2/c7-10(8,11)9-6-4-2-1-3-5-6;1-2-5-4-6-3-1/h1-5H,(H2,7,8,11);1-4H. The van der Waals surface area contributed by atoms with Crippen molar-refractivity contribution in [3.63, 3.8) is 0 Å². The van der Waals surface area contributed by atoms with E-state index in [0.717, 1.165) is 0 Å². The lowest BCUT2D eigenvalue weighted by molar-refractivity contribution is 0.370. The third kappa shape index (κ3) is 7.54. The monoisotopic (exact) mass is 270 g/mol. The Morgan fingerprint density at radius 3 is 1.94 bits per heavy atom. The number of nitrogens with zero attached hydrogens (tertiary/aromatic N) is 2. The van der Waals surface area contributed by atoms with Crippen LogP contribution in [0.5, 0.6) is 5.75 Å². The lowest BCUT2D eigenvalue weighted by Gasteiger charge is -2.08. The predicted molar refractivity (Wildman–Crippen MR) is 67.8 cm³/mol. The van der Waals surface area contributed by atoms with Crippen molar-refractivity contribution < 1.29 is 14.3 Å². The highest BCUT2D eigenvalue weighted by Crippen LogP contribution is 2.37. The van der Waals surface area contributed by atoms with Gasteiger partial charge in [-0.15, -0.1) is 0 Å². The summed E-state index contributed by atoms with van der Waals surface area (Å²) in [6.45, 7) is -3.55. The minimum absolute atomic E-state index is 0.376. The smallest absolute Gasteiger partial charge is 0.375 e. The molecule has 0 amide bonds. The molecule has 7 heteroatoms. The van der Waals surface area contributed by atoms with E-state index in [2.05, 4.69) is 26.3 Å². The topological polar surface area (TPSA) is 75.5 Å². The van der Waals surface area contributed by atoms with Gasteiger partial charge in [0.2, 0.25) is 0 Å². The van der Waals surface area contributed by atoms with E-state index < -0.39 is 6.72 Å². The van der Waals surface area contributed by atoms with E-state index in [0.29, 0.717) is 5.75 Å². The molecule has 2 aromatic rings. The van der Waals surface area contributed by atoms with Crippen LogP contribution in [-0.2, 0) is 11.8 Å². The van der Waals surface area contributed by atoms with E-state index in [1.807, 2.05) is 0 Å². The molecule has 1 aromatic carbocycles. The van der Waals surface area contributed by atoms with E-state index in [1.54, 1.807) is 48.8 Å². The number of benzene rings is 1. The van der Waals surface area contributed by atoms with Gasteiger partial charge >= 0.3 is 6.72 Å². The van der Waals surface area contributed by atoms with Crippen LogP contribution in [0.1, 0.15) is 0 Å². The lowest BCUT2D eigenvalue weighted by atomic mass is 10.3. The molecule has 1 aromatic heterocycles. The maximum absolute atomic E-state index is 8.73. The molecule has 0 aliphatic rings. The fourth-order valence-corrected chi connectivity index (χ4v) is 1.53. The maximum Gasteiger partial charge on any atom is 0.375 e. The van der Waals surface area contributed by atoms with Crippen LogP contribution < -0.4 is 4.52 Å². The molecule has 2 rings (SSSR count). The van der Waals surface area contributed by atoms with Gasteiger partial charge in [-0.1, -0.05) is 18.2 Å². The average Bonchev–Trinajstić information content (AvgIpc) is 2.31. The summed E-state index contributed by atoms with van der Waals surface area (Å²) >= 11 is 4.27. The summed E-state index contributed by atoms with van der Waals surface area (Å²) in [5.74, 6) is 0.376. The molecule has 90 valence electrons. The number of aromatic nitrogens is 2. The van der Waals surface area contributed by atoms with Crippen molar-refractivity contribution in [2.45, 2.75) is 0 Å². The molecule has 0 saturated heterocycles. The van der Waals surface area contributed by atoms with E-state index in [1.165, 1.54) is 6.33 Å². The third-order valence-electron chi connectivity index (χ3n) is 1.45. The second kappa shape index (κ2) is 7.09. The van der Waals surface area contributed by atoms with Crippen LogP contribution in [-0.4, -0.2) is 19.8 Å². The quantitative estimate of drug-likeness (QED) is 0.810. The summed E-state index contributed by atoms with van der Waals surface area (Å²) in [5.41, 5.74) is 0. The van der Waals surface area contributed by atoms with E-state index in [4.69, 9.17) is 9.79 Å². The molecule has 0 atom stereocenters. The highest BCUT2D eigenvalue weighted by atomic mass is 32.5. The van der Waals surface area contributed by atoms with Gasteiger partial charge in [0.1, 0.15) is 12.1 Å². The minimum Gasteiger partial charge on any atom is -0.424 e. The Morgan fingerprint density at radius 2 is 1.59 bits per heavy atom. The zero-order valence-electron chi connectivity index (χ0n) is 8.75. The molecule has 5 nitrogen and oxygen atoms in total. The molecular weight excluding hydrogens is 259 g/mol. The SMILES string of the molecule is OP(O)(=S)Oc1ccccc1.c1cncnc1. The summed E-state index contributed by atoms with van der Waals surface area (Å²) in [7, 11) is 0. The number of rotatable bonds is 2. The van der Waals surface area contributed by atoms with E-state index in [-0.39, 0.29) is 0 Å². The summed E-state index contributed by atoms with van der Waals surface area (Å²) in [6.07, 6.45) is 4.88. The van der Waals surface area contributed by atoms with Gasteiger partial charge in [0.15, 0.2) is 0 Å². The van der Waals surface area contributed by atoms with Gasteiger partial charge in [0.25, 0.3) is 0 Å². The molecular formula is C10H11N2O3PS. The fraction of sp³-hybridized carbons (Fsp3) is 0. The molecule has 0 bridgehead atoms. The first-order valence-corrected chi connectivity index (χ1v) is 7.21. The Hall–Kier alpha value is -1.33. The van der Waals surface area contributed by atoms with Gasteiger partial charge in [-0.05, 0) is 18.2 Å². The fourth-order valence-electron chi connectivity index (χ4n) is 0.872. The summed E-state index contributed by atoms with van der Waals surface area (Å²) in [5, 5.41) is 0. The largest absolute Gasteiger partial charge is 0.424 e. The van der Waals surface area contributed by atoms with E-state index in [9.17, 15) is 0 Å². The van der Waals surface area contributed by atoms with Crippen molar-refractivity contribution in [3.8, 4) is 5.75 Å². The van der Waals surface area contributed by atoms with Gasteiger partial charge < -0.3 is 14.3 Å². The van der Waals surface area contributed by atoms with Gasteiger partial charge in [0, 0.05) is 24.2 Å². The first-order chi connectivity index (χ1) is 8.08. The zero-order valence-corrected chi connectivity index (χ0v) is 10.5. The van der Waals surface area contributed by atoms with Crippen molar-refractivity contribution in [1.29, 1.82) is 0 Å². The van der Waals surface area contributed by atoms with Crippen molar-refractivity contribution in [2.75, 3.05) is 0 Å². The van der Waals surface area contributed by atoms with Crippen LogP contribution in [0, 0.1) is 0 Å². The highest BCUT2D eigenvalue weighted by Gasteiger charge is 2.08. The summed E-state index contributed by atoms with van der Waals surface area (Å²) in [4.78, 5) is 24.8. The van der Waals surface area contributed by atoms with Crippen molar-refractivity contribution in [1.82, 2.24) is 9.97 Å². The van der Waals surface area contributed by atoms with Crippen LogP contribution in [0.15, 0.2) is 55.1 Å². The van der Waals surface area contributed by atoms with Crippen LogP contribution in [0.4, 0.5) is 0 Å². The van der Waals surface area contributed by atoms with Crippen molar-refractivity contribution in [2.24, 2.45) is 0 Å². The van der Waals surface area contributed by atoms with Crippen LogP contribution >= 0.6 is 6.72 Å².